The zero-order valence-electron chi connectivity index (χ0n) is 21.8. The van der Waals surface area contributed by atoms with E-state index in [1.807, 2.05) is 54.7 Å². The minimum Gasteiger partial charge on any atom is -0.493 e. The van der Waals surface area contributed by atoms with Crippen molar-refractivity contribution in [3.63, 3.8) is 0 Å². The third kappa shape index (κ3) is 5.93. The predicted molar refractivity (Wildman–Crippen MR) is 161 cm³/mol. The van der Waals surface area contributed by atoms with Gasteiger partial charge in [0.25, 0.3) is 5.91 Å². The third-order valence-corrected chi connectivity index (χ3v) is 7.81. The number of carboxylic acids is 1. The molecule has 10 heteroatoms. The summed E-state index contributed by atoms with van der Waals surface area (Å²) in [6, 6.07) is 21.0. The van der Waals surface area contributed by atoms with E-state index in [9.17, 15) is 14.7 Å². The number of aromatic amines is 1. The van der Waals surface area contributed by atoms with E-state index in [0.29, 0.717) is 38.8 Å². The summed E-state index contributed by atoms with van der Waals surface area (Å²) in [5.74, 6) is -0.731. The summed E-state index contributed by atoms with van der Waals surface area (Å²) in [7, 11) is 1.48. The van der Waals surface area contributed by atoms with Gasteiger partial charge in [-0.1, -0.05) is 52.3 Å². The van der Waals surface area contributed by atoms with Crippen LogP contribution in [-0.4, -0.2) is 51.8 Å². The van der Waals surface area contributed by atoms with Crippen molar-refractivity contribution >= 4 is 67.4 Å². The van der Waals surface area contributed by atoms with Crippen molar-refractivity contribution < 1.29 is 24.2 Å². The smallest absolute Gasteiger partial charge is 0.344 e. The Balaban J connectivity index is 1.51. The number of carboxylic acid groups (broad SMARTS) is 1. The lowest BCUT2D eigenvalue weighted by Crippen LogP contribution is -2.31. The van der Waals surface area contributed by atoms with Gasteiger partial charge in [0.2, 0.25) is 0 Å². The molecule has 0 bridgehead atoms. The highest BCUT2D eigenvalue weighted by molar-refractivity contribution is 9.10. The van der Waals surface area contributed by atoms with E-state index >= 15 is 0 Å². The fourth-order valence-corrected chi connectivity index (χ4v) is 5.78. The molecule has 2 heterocycles. The Bertz CT molecular complexity index is 1630. The molecule has 40 heavy (non-hydrogen) atoms. The van der Waals surface area contributed by atoms with Crippen molar-refractivity contribution in [1.82, 2.24) is 9.88 Å². The number of amides is 1. The van der Waals surface area contributed by atoms with Gasteiger partial charge in [-0.3, -0.25) is 9.69 Å². The number of ether oxygens (including phenoxy) is 2. The number of thioether (sulfide) groups is 1. The molecule has 0 spiro atoms. The van der Waals surface area contributed by atoms with Crippen molar-refractivity contribution in [1.29, 1.82) is 0 Å². The molecule has 8 nitrogen and oxygen atoms in total. The van der Waals surface area contributed by atoms with Crippen LogP contribution in [0.4, 0.5) is 5.69 Å². The van der Waals surface area contributed by atoms with Gasteiger partial charge in [-0.05, 0) is 67.1 Å². The molecule has 1 aliphatic heterocycles. The van der Waals surface area contributed by atoms with E-state index in [1.165, 1.54) is 25.8 Å². The Hall–Kier alpha value is -4.02. The number of rotatable bonds is 9. The lowest BCUT2D eigenvalue weighted by Gasteiger charge is -2.17. The third-order valence-electron chi connectivity index (χ3n) is 6.35. The average molecular weight is 621 g/mol. The van der Waals surface area contributed by atoms with Gasteiger partial charge >= 0.3 is 5.97 Å². The molecule has 1 amide bonds. The van der Waals surface area contributed by atoms with Crippen LogP contribution in [0, 0.1) is 0 Å². The molecular weight excluding hydrogens is 594 g/mol. The number of hydrogen-bond donors (Lipinski definition) is 2. The molecule has 204 valence electrons. The summed E-state index contributed by atoms with van der Waals surface area (Å²) in [6.45, 7) is 1.87. The van der Waals surface area contributed by atoms with Crippen molar-refractivity contribution in [3.05, 3.63) is 93.4 Å². The summed E-state index contributed by atoms with van der Waals surface area (Å²) < 4.78 is 11.9. The number of fused-ring (bicyclic) bond motifs is 1. The minimum absolute atomic E-state index is 0.198. The molecule has 4 aromatic rings. The molecule has 1 unspecified atom stereocenters. The van der Waals surface area contributed by atoms with Gasteiger partial charge in [-0.15, -0.1) is 0 Å². The van der Waals surface area contributed by atoms with Crippen LogP contribution in [0.15, 0.2) is 87.3 Å². The number of amidine groups is 1. The number of hydrogen-bond acceptors (Lipinski definition) is 6. The van der Waals surface area contributed by atoms with E-state index < -0.39 is 12.1 Å². The Kier molecular flexibility index (Phi) is 8.27. The molecule has 0 saturated carbocycles. The van der Waals surface area contributed by atoms with E-state index in [4.69, 9.17) is 14.5 Å². The molecule has 5 rings (SSSR count). The van der Waals surface area contributed by atoms with Gasteiger partial charge in [0.15, 0.2) is 22.8 Å². The molecule has 2 N–H and O–H groups in total. The van der Waals surface area contributed by atoms with Crippen LogP contribution in [-0.2, 0) is 16.0 Å². The van der Waals surface area contributed by atoms with Crippen LogP contribution in [0.3, 0.4) is 0 Å². The summed E-state index contributed by atoms with van der Waals surface area (Å²) in [6.07, 6.45) is 3.18. The molecule has 1 fully saturated rings. The Morgan fingerprint density at radius 1 is 1.18 bits per heavy atom. The first kappa shape index (κ1) is 27.5. The summed E-state index contributed by atoms with van der Waals surface area (Å²) in [5, 5.41) is 11.1. The highest BCUT2D eigenvalue weighted by Crippen LogP contribution is 2.40. The van der Waals surface area contributed by atoms with Crippen molar-refractivity contribution in [2.24, 2.45) is 4.99 Å². The van der Waals surface area contributed by atoms with Gasteiger partial charge < -0.3 is 19.6 Å². The number of carbonyl (C=O) groups is 2. The topological polar surface area (TPSA) is 104 Å². The Labute approximate surface area is 243 Å². The van der Waals surface area contributed by atoms with E-state index in [-0.39, 0.29) is 11.7 Å². The van der Waals surface area contributed by atoms with Gasteiger partial charge in [0.05, 0.1) is 17.7 Å². The SMILES string of the molecule is COc1cc(Br)cc(/C=C2\SC(=Nc3ccccc3)N(CCc3c[nH]c4ccccc34)C2=O)c1OC(C)C(=O)O. The standard InChI is InChI=1S/C30H26BrN3O5S/c1-18(29(36)37)39-27-20(14-21(31)16-25(27)38-2)15-26-28(35)34(30(40-26)33-22-8-4-3-5-9-22)13-12-19-17-32-24-11-7-6-10-23(19)24/h3-11,14-18,32H,12-13H2,1-2H3,(H,36,37)/b26-15-,33-30?. The maximum atomic E-state index is 13.8. The normalized spacial score (nSPS) is 16.2. The zero-order chi connectivity index (χ0) is 28.2. The van der Waals surface area contributed by atoms with E-state index in [1.54, 1.807) is 23.1 Å². The number of nitrogens with one attached hydrogen (secondary N) is 1. The maximum Gasteiger partial charge on any atom is 0.344 e. The highest BCUT2D eigenvalue weighted by atomic mass is 79.9. The molecule has 1 atom stereocenters. The number of carbonyl (C=O) groups excluding carboxylic acids is 1. The number of para-hydroxylation sites is 2. The number of benzene rings is 3. The fourth-order valence-electron chi connectivity index (χ4n) is 4.31. The van der Waals surface area contributed by atoms with Gasteiger partial charge in [0.1, 0.15) is 0 Å². The predicted octanol–water partition coefficient (Wildman–Crippen LogP) is 6.64. The number of halogens is 1. The number of aliphatic imine (C=N–C) groups is 1. The van der Waals surface area contributed by atoms with E-state index in [0.717, 1.165) is 22.2 Å². The number of aliphatic carboxylic acids is 1. The first-order valence-corrected chi connectivity index (χ1v) is 14.1. The number of methoxy groups -OCH3 is 1. The van der Waals surface area contributed by atoms with Gasteiger partial charge in [-0.25, -0.2) is 9.79 Å². The van der Waals surface area contributed by atoms with Crippen LogP contribution in [0.25, 0.3) is 17.0 Å². The minimum atomic E-state index is -1.12. The molecule has 0 aliphatic carbocycles. The lowest BCUT2D eigenvalue weighted by atomic mass is 10.1. The number of H-pyrrole nitrogens is 1. The largest absolute Gasteiger partial charge is 0.493 e. The fraction of sp³-hybridized carbons (Fsp3) is 0.167. The molecule has 1 aliphatic rings. The number of aromatic nitrogens is 1. The van der Waals surface area contributed by atoms with Crippen LogP contribution < -0.4 is 9.47 Å². The van der Waals surface area contributed by atoms with Crippen LogP contribution in [0.2, 0.25) is 0 Å². The molecule has 1 aromatic heterocycles. The molecule has 1 saturated heterocycles. The van der Waals surface area contributed by atoms with Crippen molar-refractivity contribution in [2.75, 3.05) is 13.7 Å². The van der Waals surface area contributed by atoms with Gasteiger partial charge in [-0.2, -0.15) is 0 Å². The Morgan fingerprint density at radius 3 is 2.67 bits per heavy atom. The van der Waals surface area contributed by atoms with E-state index in [2.05, 4.69) is 27.0 Å². The average Bonchev–Trinajstić information content (AvgIpc) is 3.49. The molecule has 0 radical (unpaired) electrons. The lowest BCUT2D eigenvalue weighted by molar-refractivity contribution is -0.144. The monoisotopic (exact) mass is 619 g/mol. The summed E-state index contributed by atoms with van der Waals surface area (Å²) >= 11 is 4.73. The first-order chi connectivity index (χ1) is 19.3. The van der Waals surface area contributed by atoms with Crippen LogP contribution in [0.5, 0.6) is 11.5 Å². The number of nitrogens with zero attached hydrogens (tertiary/aromatic N) is 2. The zero-order valence-corrected chi connectivity index (χ0v) is 24.2. The van der Waals surface area contributed by atoms with Crippen LogP contribution in [0.1, 0.15) is 18.1 Å². The molecule has 3 aromatic carbocycles. The summed E-state index contributed by atoms with van der Waals surface area (Å²) in [4.78, 5) is 35.5. The second-order valence-electron chi connectivity index (χ2n) is 9.03. The quantitative estimate of drug-likeness (QED) is 0.204. The Morgan fingerprint density at radius 2 is 1.93 bits per heavy atom. The second-order valence-corrected chi connectivity index (χ2v) is 11.0. The highest BCUT2D eigenvalue weighted by Gasteiger charge is 2.34. The van der Waals surface area contributed by atoms with Crippen molar-refractivity contribution in [2.45, 2.75) is 19.4 Å². The maximum absolute atomic E-state index is 13.8. The first-order valence-electron chi connectivity index (χ1n) is 12.5. The van der Waals surface area contributed by atoms with Crippen molar-refractivity contribution in [3.8, 4) is 11.5 Å². The van der Waals surface area contributed by atoms with Gasteiger partial charge in [0, 0.05) is 33.7 Å². The summed E-state index contributed by atoms with van der Waals surface area (Å²) in [5.41, 5.74) is 3.40. The van der Waals surface area contributed by atoms with Crippen LogP contribution >= 0.6 is 27.7 Å². The molecular formula is C30H26BrN3O5S. The second kappa shape index (κ2) is 12.0.